The number of guanidine groups is 1. The Hall–Kier alpha value is -2.13. The Balaban J connectivity index is 0.00000363. The molecule has 2 aromatic carbocycles. The molecule has 1 fully saturated rings. The number of amides is 1. The number of aliphatic imine (C=N–C) groups is 1. The number of halogens is 1. The van der Waals surface area contributed by atoms with Gasteiger partial charge in [0.1, 0.15) is 0 Å². The van der Waals surface area contributed by atoms with Gasteiger partial charge in [0.25, 0.3) is 0 Å². The normalized spacial score (nSPS) is 15.0. The maximum absolute atomic E-state index is 12.7. The SMILES string of the molecule is CCN(Cc1ccccc1)C(=O)CNC(=NC)NC1CCN(Cc2ccccc2)CC1.I. The second-order valence-corrected chi connectivity index (χ2v) is 8.00. The van der Waals surface area contributed by atoms with Gasteiger partial charge >= 0.3 is 0 Å². The van der Waals surface area contributed by atoms with Crippen molar-refractivity contribution < 1.29 is 4.79 Å². The zero-order valence-corrected chi connectivity index (χ0v) is 21.5. The molecule has 1 aliphatic heterocycles. The van der Waals surface area contributed by atoms with E-state index in [1.165, 1.54) is 5.56 Å². The lowest BCUT2D eigenvalue weighted by molar-refractivity contribution is -0.130. The first kappa shape index (κ1) is 26.1. The van der Waals surface area contributed by atoms with E-state index < -0.39 is 0 Å². The fourth-order valence-corrected chi connectivity index (χ4v) is 3.92. The molecule has 0 unspecified atom stereocenters. The summed E-state index contributed by atoms with van der Waals surface area (Å²) in [5.74, 6) is 0.776. The molecule has 174 valence electrons. The molecule has 0 aromatic heterocycles. The highest BCUT2D eigenvalue weighted by atomic mass is 127. The third-order valence-corrected chi connectivity index (χ3v) is 5.76. The smallest absolute Gasteiger partial charge is 0.242 e. The molecule has 32 heavy (non-hydrogen) atoms. The van der Waals surface area contributed by atoms with Gasteiger partial charge < -0.3 is 15.5 Å². The van der Waals surface area contributed by atoms with Crippen LogP contribution in [0.4, 0.5) is 0 Å². The molecule has 1 heterocycles. The molecule has 1 aliphatic rings. The van der Waals surface area contributed by atoms with Gasteiger partial charge in [0, 0.05) is 45.8 Å². The molecule has 0 saturated carbocycles. The summed E-state index contributed by atoms with van der Waals surface area (Å²) >= 11 is 0. The first-order valence-corrected chi connectivity index (χ1v) is 11.2. The maximum Gasteiger partial charge on any atom is 0.242 e. The second kappa shape index (κ2) is 14.1. The summed E-state index contributed by atoms with van der Waals surface area (Å²) in [5, 5.41) is 6.70. The van der Waals surface area contributed by atoms with Gasteiger partial charge in [0.05, 0.1) is 6.54 Å². The van der Waals surface area contributed by atoms with Crippen LogP contribution >= 0.6 is 24.0 Å². The highest BCUT2D eigenvalue weighted by Crippen LogP contribution is 2.13. The van der Waals surface area contributed by atoms with Crippen LogP contribution in [0.2, 0.25) is 0 Å². The zero-order chi connectivity index (χ0) is 21.9. The van der Waals surface area contributed by atoms with Gasteiger partial charge in [-0.25, -0.2) is 0 Å². The maximum atomic E-state index is 12.7. The predicted octanol–water partition coefficient (Wildman–Crippen LogP) is 3.48. The molecule has 1 saturated heterocycles. The van der Waals surface area contributed by atoms with E-state index in [4.69, 9.17) is 0 Å². The largest absolute Gasteiger partial charge is 0.354 e. The van der Waals surface area contributed by atoms with E-state index in [0.717, 1.165) is 38.0 Å². The number of carbonyl (C=O) groups is 1. The van der Waals surface area contributed by atoms with Crippen molar-refractivity contribution in [2.45, 2.75) is 38.9 Å². The Morgan fingerprint density at radius 2 is 1.62 bits per heavy atom. The zero-order valence-electron chi connectivity index (χ0n) is 19.2. The topological polar surface area (TPSA) is 60.0 Å². The molecule has 2 N–H and O–H groups in total. The Morgan fingerprint density at radius 1 is 1.03 bits per heavy atom. The number of hydrogen-bond donors (Lipinski definition) is 2. The van der Waals surface area contributed by atoms with Crippen molar-refractivity contribution in [1.82, 2.24) is 20.4 Å². The van der Waals surface area contributed by atoms with Crippen LogP contribution in [-0.4, -0.2) is 60.9 Å². The molecule has 0 aliphatic carbocycles. The van der Waals surface area contributed by atoms with E-state index in [1.54, 1.807) is 7.05 Å². The summed E-state index contributed by atoms with van der Waals surface area (Å²) in [5.41, 5.74) is 2.50. The molecule has 7 heteroatoms. The van der Waals surface area contributed by atoms with Gasteiger partial charge in [-0.3, -0.25) is 14.7 Å². The van der Waals surface area contributed by atoms with Gasteiger partial charge in [0.2, 0.25) is 5.91 Å². The van der Waals surface area contributed by atoms with Gasteiger partial charge in [0.15, 0.2) is 5.96 Å². The third-order valence-electron chi connectivity index (χ3n) is 5.76. The molecule has 0 radical (unpaired) electrons. The van der Waals surface area contributed by atoms with Crippen molar-refractivity contribution in [2.24, 2.45) is 4.99 Å². The minimum Gasteiger partial charge on any atom is -0.354 e. The molecule has 0 spiro atoms. The van der Waals surface area contributed by atoms with Gasteiger partial charge in [-0.15, -0.1) is 24.0 Å². The quantitative estimate of drug-likeness (QED) is 0.301. The first-order valence-electron chi connectivity index (χ1n) is 11.2. The van der Waals surface area contributed by atoms with E-state index in [0.29, 0.717) is 25.1 Å². The average Bonchev–Trinajstić information content (AvgIpc) is 2.82. The van der Waals surface area contributed by atoms with Crippen LogP contribution in [0.1, 0.15) is 30.9 Å². The van der Waals surface area contributed by atoms with Crippen LogP contribution < -0.4 is 10.6 Å². The van der Waals surface area contributed by atoms with E-state index in [9.17, 15) is 4.79 Å². The minimum atomic E-state index is 0. The molecular weight excluding hydrogens is 513 g/mol. The Kier molecular flexibility index (Phi) is 11.5. The first-order chi connectivity index (χ1) is 15.2. The number of likely N-dealkylation sites (tertiary alicyclic amines) is 1. The number of nitrogens with one attached hydrogen (secondary N) is 2. The highest BCUT2D eigenvalue weighted by Gasteiger charge is 2.20. The molecule has 0 atom stereocenters. The van der Waals surface area contributed by atoms with Crippen molar-refractivity contribution in [3.8, 4) is 0 Å². The number of rotatable bonds is 8. The van der Waals surface area contributed by atoms with E-state index in [1.807, 2.05) is 42.2 Å². The molecule has 1 amide bonds. The summed E-state index contributed by atoms with van der Waals surface area (Å²) in [6.45, 7) is 6.69. The predicted molar refractivity (Wildman–Crippen MR) is 142 cm³/mol. The Labute approximate surface area is 209 Å². The summed E-state index contributed by atoms with van der Waals surface area (Å²) < 4.78 is 0. The number of piperidine rings is 1. The summed E-state index contributed by atoms with van der Waals surface area (Å²) in [4.78, 5) is 21.4. The highest BCUT2D eigenvalue weighted by molar-refractivity contribution is 14.0. The van der Waals surface area contributed by atoms with Crippen LogP contribution in [0.25, 0.3) is 0 Å². The summed E-state index contributed by atoms with van der Waals surface area (Å²) in [7, 11) is 1.76. The Morgan fingerprint density at radius 3 is 2.19 bits per heavy atom. The lowest BCUT2D eigenvalue weighted by atomic mass is 10.0. The van der Waals surface area contributed by atoms with Crippen LogP contribution in [0.15, 0.2) is 65.7 Å². The summed E-state index contributed by atoms with van der Waals surface area (Å²) in [6, 6.07) is 21.1. The van der Waals surface area contributed by atoms with Gasteiger partial charge in [-0.1, -0.05) is 60.7 Å². The number of carbonyl (C=O) groups excluding carboxylic acids is 1. The fourth-order valence-electron chi connectivity index (χ4n) is 3.92. The summed E-state index contributed by atoms with van der Waals surface area (Å²) in [6.07, 6.45) is 2.13. The van der Waals surface area contributed by atoms with Crippen molar-refractivity contribution in [3.05, 3.63) is 71.8 Å². The van der Waals surface area contributed by atoms with E-state index >= 15 is 0 Å². The van der Waals surface area contributed by atoms with Crippen LogP contribution in [0.3, 0.4) is 0 Å². The van der Waals surface area contributed by atoms with E-state index in [-0.39, 0.29) is 36.4 Å². The lowest BCUT2D eigenvalue weighted by Gasteiger charge is -2.33. The van der Waals surface area contributed by atoms with Crippen LogP contribution in [0, 0.1) is 0 Å². The van der Waals surface area contributed by atoms with Gasteiger partial charge in [-0.2, -0.15) is 0 Å². The monoisotopic (exact) mass is 549 g/mol. The molecule has 2 aromatic rings. The molecule has 0 bridgehead atoms. The van der Waals surface area contributed by atoms with E-state index in [2.05, 4.69) is 50.9 Å². The fraction of sp³-hybridized carbons (Fsp3) is 0.440. The van der Waals surface area contributed by atoms with Crippen molar-refractivity contribution in [2.75, 3.05) is 33.2 Å². The standard InChI is InChI=1S/C25H35N5O.HI/c1-3-30(20-22-12-8-5-9-13-22)24(31)18-27-25(26-2)28-23-14-16-29(17-15-23)19-21-10-6-4-7-11-21;/h4-13,23H,3,14-20H2,1-2H3,(H2,26,27,28);1H. The van der Waals surface area contributed by atoms with Crippen molar-refractivity contribution in [1.29, 1.82) is 0 Å². The minimum absolute atomic E-state index is 0. The van der Waals surface area contributed by atoms with Crippen LogP contribution in [0.5, 0.6) is 0 Å². The van der Waals surface area contributed by atoms with Gasteiger partial charge in [-0.05, 0) is 30.9 Å². The lowest BCUT2D eigenvalue weighted by Crippen LogP contribution is -2.50. The van der Waals surface area contributed by atoms with Crippen molar-refractivity contribution >= 4 is 35.8 Å². The molecule has 3 rings (SSSR count). The second-order valence-electron chi connectivity index (χ2n) is 8.00. The third kappa shape index (κ3) is 8.43. The molecular formula is C25H36IN5O. The van der Waals surface area contributed by atoms with Crippen molar-refractivity contribution in [3.63, 3.8) is 0 Å². The Bertz CT molecular complexity index is 823. The number of likely N-dealkylation sites (N-methyl/N-ethyl adjacent to an activating group) is 1. The molecule has 6 nitrogen and oxygen atoms in total. The van der Waals surface area contributed by atoms with Crippen LogP contribution in [-0.2, 0) is 17.9 Å². The average molecular weight is 550 g/mol. The number of nitrogens with zero attached hydrogens (tertiary/aromatic N) is 3. The number of hydrogen-bond acceptors (Lipinski definition) is 3. The number of benzene rings is 2.